The summed E-state index contributed by atoms with van der Waals surface area (Å²) in [5.74, 6) is 0. The van der Waals surface area contributed by atoms with Gasteiger partial charge < -0.3 is 4.74 Å². The van der Waals surface area contributed by atoms with Gasteiger partial charge in [-0.2, -0.15) is 12.7 Å². The van der Waals surface area contributed by atoms with Gasteiger partial charge in [-0.1, -0.05) is 37.3 Å². The minimum absolute atomic E-state index is 0.187. The molecule has 1 N–H and O–H groups in total. The molecule has 0 saturated carbocycles. The number of benzene rings is 1. The first-order valence-electron chi connectivity index (χ1n) is 6.55. The first-order valence-corrected chi connectivity index (χ1v) is 7.99. The van der Waals surface area contributed by atoms with Gasteiger partial charge in [0, 0.05) is 19.6 Å². The Labute approximate surface area is 114 Å². The van der Waals surface area contributed by atoms with E-state index in [9.17, 15) is 8.42 Å². The van der Waals surface area contributed by atoms with Crippen molar-refractivity contribution in [3.05, 3.63) is 35.9 Å². The van der Waals surface area contributed by atoms with Gasteiger partial charge in [0.25, 0.3) is 10.2 Å². The van der Waals surface area contributed by atoms with E-state index >= 15 is 0 Å². The SMILES string of the molecule is CCCNS(=O)(=O)N1CCOC(c2ccccc2)C1. The second-order valence-corrected chi connectivity index (χ2v) is 6.28. The number of hydrogen-bond acceptors (Lipinski definition) is 3. The lowest BCUT2D eigenvalue weighted by Crippen LogP contribution is -2.47. The molecule has 0 amide bonds. The van der Waals surface area contributed by atoms with Crippen LogP contribution in [-0.4, -0.2) is 39.0 Å². The van der Waals surface area contributed by atoms with Crippen LogP contribution in [0.15, 0.2) is 30.3 Å². The smallest absolute Gasteiger partial charge is 0.279 e. The Morgan fingerprint density at radius 3 is 2.79 bits per heavy atom. The minimum Gasteiger partial charge on any atom is -0.371 e. The van der Waals surface area contributed by atoms with E-state index in [0.29, 0.717) is 26.2 Å². The first-order chi connectivity index (χ1) is 9.13. The van der Waals surface area contributed by atoms with Crippen LogP contribution in [0.4, 0.5) is 0 Å². The van der Waals surface area contributed by atoms with E-state index in [1.165, 1.54) is 4.31 Å². The molecule has 1 saturated heterocycles. The number of hydrogen-bond donors (Lipinski definition) is 1. The molecule has 0 aromatic heterocycles. The normalized spacial score (nSPS) is 21.4. The van der Waals surface area contributed by atoms with E-state index in [2.05, 4.69) is 4.72 Å². The Hall–Kier alpha value is -0.950. The highest BCUT2D eigenvalue weighted by molar-refractivity contribution is 7.87. The van der Waals surface area contributed by atoms with Crippen molar-refractivity contribution in [3.8, 4) is 0 Å². The third-order valence-electron chi connectivity index (χ3n) is 3.07. The molecule has 1 unspecified atom stereocenters. The molecule has 6 heteroatoms. The van der Waals surface area contributed by atoms with Crippen LogP contribution < -0.4 is 4.72 Å². The van der Waals surface area contributed by atoms with Crippen molar-refractivity contribution < 1.29 is 13.2 Å². The second kappa shape index (κ2) is 6.47. The van der Waals surface area contributed by atoms with Gasteiger partial charge in [0.15, 0.2) is 0 Å². The van der Waals surface area contributed by atoms with Crippen molar-refractivity contribution in [1.29, 1.82) is 0 Å². The fourth-order valence-electron chi connectivity index (χ4n) is 2.04. The number of nitrogens with one attached hydrogen (secondary N) is 1. The molecule has 0 radical (unpaired) electrons. The van der Waals surface area contributed by atoms with Gasteiger partial charge in [0.1, 0.15) is 0 Å². The summed E-state index contributed by atoms with van der Waals surface area (Å²) in [6.45, 7) is 3.60. The molecule has 0 spiro atoms. The minimum atomic E-state index is -3.38. The zero-order chi connectivity index (χ0) is 13.7. The lowest BCUT2D eigenvalue weighted by Gasteiger charge is -2.32. The summed E-state index contributed by atoms with van der Waals surface area (Å²) in [6.07, 6.45) is 0.597. The van der Waals surface area contributed by atoms with Crippen LogP contribution in [0.5, 0.6) is 0 Å². The third kappa shape index (κ3) is 3.76. The van der Waals surface area contributed by atoms with Crippen LogP contribution in [0.3, 0.4) is 0 Å². The average molecular weight is 284 g/mol. The molecule has 0 bridgehead atoms. The summed E-state index contributed by atoms with van der Waals surface area (Å²) < 4.78 is 33.9. The number of ether oxygens (including phenoxy) is 1. The van der Waals surface area contributed by atoms with Crippen molar-refractivity contribution in [2.24, 2.45) is 0 Å². The number of rotatable bonds is 5. The van der Waals surface area contributed by atoms with Crippen LogP contribution in [0.2, 0.25) is 0 Å². The summed E-state index contributed by atoms with van der Waals surface area (Å²) in [4.78, 5) is 0. The van der Waals surface area contributed by atoms with Gasteiger partial charge in [-0.25, -0.2) is 4.72 Å². The predicted octanol–water partition coefficient (Wildman–Crippen LogP) is 1.30. The second-order valence-electron chi connectivity index (χ2n) is 4.53. The van der Waals surface area contributed by atoms with Crippen molar-refractivity contribution in [3.63, 3.8) is 0 Å². The molecule has 1 aliphatic rings. The average Bonchev–Trinajstić information content (AvgIpc) is 2.46. The molecular weight excluding hydrogens is 264 g/mol. The van der Waals surface area contributed by atoms with Crippen LogP contribution in [0.25, 0.3) is 0 Å². The maximum Gasteiger partial charge on any atom is 0.279 e. The van der Waals surface area contributed by atoms with Gasteiger partial charge in [0.2, 0.25) is 0 Å². The first kappa shape index (κ1) is 14.5. The molecular formula is C13H20N2O3S. The summed E-state index contributed by atoms with van der Waals surface area (Å²) in [7, 11) is -3.38. The molecule has 1 heterocycles. The van der Waals surface area contributed by atoms with Gasteiger partial charge >= 0.3 is 0 Å². The predicted molar refractivity (Wildman–Crippen MR) is 73.9 cm³/mol. The van der Waals surface area contributed by atoms with Crippen LogP contribution in [0.1, 0.15) is 25.0 Å². The fourth-order valence-corrected chi connectivity index (χ4v) is 3.33. The Morgan fingerprint density at radius 1 is 1.37 bits per heavy atom. The summed E-state index contributed by atoms with van der Waals surface area (Å²) in [6, 6.07) is 9.72. The quantitative estimate of drug-likeness (QED) is 0.887. The summed E-state index contributed by atoms with van der Waals surface area (Å²) >= 11 is 0. The highest BCUT2D eigenvalue weighted by Crippen LogP contribution is 2.23. The molecule has 19 heavy (non-hydrogen) atoms. The Balaban J connectivity index is 2.05. The molecule has 1 atom stereocenters. The summed E-state index contributed by atoms with van der Waals surface area (Å²) in [5, 5.41) is 0. The van der Waals surface area contributed by atoms with Crippen LogP contribution in [-0.2, 0) is 14.9 Å². The van der Waals surface area contributed by atoms with Crippen molar-refractivity contribution >= 4 is 10.2 Å². The highest BCUT2D eigenvalue weighted by atomic mass is 32.2. The highest BCUT2D eigenvalue weighted by Gasteiger charge is 2.29. The molecule has 1 fully saturated rings. The number of morpholine rings is 1. The van der Waals surface area contributed by atoms with E-state index < -0.39 is 10.2 Å². The number of nitrogens with zero attached hydrogens (tertiary/aromatic N) is 1. The molecule has 2 rings (SSSR count). The van der Waals surface area contributed by atoms with Gasteiger partial charge in [-0.05, 0) is 12.0 Å². The van der Waals surface area contributed by atoms with E-state index in [0.717, 1.165) is 12.0 Å². The molecule has 1 aromatic rings. The van der Waals surface area contributed by atoms with Crippen molar-refractivity contribution in [1.82, 2.24) is 9.03 Å². The van der Waals surface area contributed by atoms with Gasteiger partial charge in [-0.15, -0.1) is 0 Å². The maximum atomic E-state index is 12.1. The Kier molecular flexibility index (Phi) is 4.93. The Bertz CT molecular complexity index is 490. The Morgan fingerprint density at radius 2 is 2.11 bits per heavy atom. The molecule has 1 aliphatic heterocycles. The topological polar surface area (TPSA) is 58.6 Å². The van der Waals surface area contributed by atoms with Crippen molar-refractivity contribution in [2.45, 2.75) is 19.4 Å². The van der Waals surface area contributed by atoms with Crippen molar-refractivity contribution in [2.75, 3.05) is 26.2 Å². The zero-order valence-electron chi connectivity index (χ0n) is 11.1. The largest absolute Gasteiger partial charge is 0.371 e. The van der Waals surface area contributed by atoms with Gasteiger partial charge in [-0.3, -0.25) is 0 Å². The maximum absolute atomic E-state index is 12.1. The lowest BCUT2D eigenvalue weighted by atomic mass is 10.1. The van der Waals surface area contributed by atoms with Crippen LogP contribution in [0, 0.1) is 0 Å². The fraction of sp³-hybridized carbons (Fsp3) is 0.538. The van der Waals surface area contributed by atoms with E-state index in [1.807, 2.05) is 37.3 Å². The monoisotopic (exact) mass is 284 g/mol. The third-order valence-corrected chi connectivity index (χ3v) is 4.66. The van der Waals surface area contributed by atoms with E-state index in [4.69, 9.17) is 4.74 Å². The lowest BCUT2D eigenvalue weighted by molar-refractivity contribution is -0.00291. The summed E-state index contributed by atoms with van der Waals surface area (Å²) in [5.41, 5.74) is 1.01. The molecule has 106 valence electrons. The van der Waals surface area contributed by atoms with Gasteiger partial charge in [0.05, 0.1) is 12.7 Å². The molecule has 1 aromatic carbocycles. The van der Waals surface area contributed by atoms with Crippen LogP contribution >= 0.6 is 0 Å². The van der Waals surface area contributed by atoms with E-state index in [1.54, 1.807) is 0 Å². The zero-order valence-corrected chi connectivity index (χ0v) is 11.9. The standard InChI is InChI=1S/C13H20N2O3S/c1-2-8-14-19(16,17)15-9-10-18-13(11-15)12-6-4-3-5-7-12/h3-7,13-14H,2,8-11H2,1H3. The molecule has 5 nitrogen and oxygen atoms in total. The molecule has 0 aliphatic carbocycles. The van der Waals surface area contributed by atoms with E-state index in [-0.39, 0.29) is 6.10 Å².